The molecule has 6 nitrogen and oxygen atoms in total. The molecule has 2 heterocycles. The fourth-order valence-corrected chi connectivity index (χ4v) is 3.95. The number of imide groups is 1. The van der Waals surface area contributed by atoms with Crippen LogP contribution in [-0.4, -0.2) is 29.4 Å². The van der Waals surface area contributed by atoms with Gasteiger partial charge in [-0.3, -0.25) is 14.4 Å². The first-order valence-electron chi connectivity index (χ1n) is 8.95. The van der Waals surface area contributed by atoms with E-state index in [0.717, 1.165) is 20.1 Å². The molecule has 1 saturated heterocycles. The molecule has 2 aliphatic rings. The van der Waals surface area contributed by atoms with Gasteiger partial charge in [-0.15, -0.1) is 0 Å². The molecular weight excluding hydrogens is 436 g/mol. The maximum atomic E-state index is 13.1. The molecule has 142 valence electrons. The highest BCUT2D eigenvalue weighted by Gasteiger charge is 2.57. The van der Waals surface area contributed by atoms with Crippen LogP contribution in [0.2, 0.25) is 0 Å². The lowest BCUT2D eigenvalue weighted by Gasteiger charge is -2.15. The minimum Gasteiger partial charge on any atom is -0.381 e. The van der Waals surface area contributed by atoms with Crippen molar-refractivity contribution < 1.29 is 19.2 Å². The van der Waals surface area contributed by atoms with Gasteiger partial charge in [0.1, 0.15) is 11.6 Å². The Labute approximate surface area is 173 Å². The van der Waals surface area contributed by atoms with Crippen molar-refractivity contribution in [2.45, 2.75) is 6.10 Å². The summed E-state index contributed by atoms with van der Waals surface area (Å²) in [6.07, 6.45) is -1.11. The lowest BCUT2D eigenvalue weighted by atomic mass is 9.92. The van der Waals surface area contributed by atoms with Crippen LogP contribution in [0, 0.1) is 5.92 Å². The molecule has 0 saturated carbocycles. The highest BCUT2D eigenvalue weighted by molar-refractivity contribution is 9.10. The predicted octanol–water partition coefficient (Wildman–Crippen LogP) is 3.73. The first-order valence-corrected chi connectivity index (χ1v) is 9.74. The van der Waals surface area contributed by atoms with Crippen LogP contribution >= 0.6 is 15.9 Å². The normalized spacial score (nSPS) is 20.6. The lowest BCUT2D eigenvalue weighted by molar-refractivity contribution is -0.126. The van der Waals surface area contributed by atoms with Crippen molar-refractivity contribution >= 4 is 55.7 Å². The average Bonchev–Trinajstić information content (AvgIpc) is 3.28. The number of fused-ring (bicyclic) bond motifs is 2. The number of nitrogens with zero attached hydrogens (tertiary/aromatic N) is 2. The topological polar surface area (TPSA) is 76.0 Å². The molecule has 7 heteroatoms. The zero-order valence-electron chi connectivity index (χ0n) is 14.9. The van der Waals surface area contributed by atoms with E-state index in [9.17, 15) is 14.4 Å². The Hall–Kier alpha value is -3.32. The van der Waals surface area contributed by atoms with E-state index in [1.807, 2.05) is 30.3 Å². The second kappa shape index (κ2) is 6.63. The number of ketones is 1. The molecule has 0 bridgehead atoms. The summed E-state index contributed by atoms with van der Waals surface area (Å²) in [6.45, 7) is 0. The van der Waals surface area contributed by atoms with Gasteiger partial charge < -0.3 is 4.84 Å². The Morgan fingerprint density at radius 1 is 0.931 bits per heavy atom. The molecule has 2 atom stereocenters. The number of oxime groups is 1. The number of carbonyl (C=O) groups is 3. The zero-order chi connectivity index (χ0) is 20.1. The monoisotopic (exact) mass is 448 g/mol. The Morgan fingerprint density at radius 3 is 2.41 bits per heavy atom. The zero-order valence-corrected chi connectivity index (χ0v) is 16.5. The average molecular weight is 449 g/mol. The molecule has 3 aromatic carbocycles. The summed E-state index contributed by atoms with van der Waals surface area (Å²) in [6, 6.07) is 19.7. The van der Waals surface area contributed by atoms with E-state index in [-0.39, 0.29) is 5.71 Å². The molecule has 0 aliphatic carbocycles. The molecule has 0 unspecified atom stereocenters. The van der Waals surface area contributed by atoms with Crippen LogP contribution in [0.1, 0.15) is 10.4 Å². The van der Waals surface area contributed by atoms with Crippen molar-refractivity contribution in [2.75, 3.05) is 4.90 Å². The number of anilines is 1. The number of benzene rings is 3. The van der Waals surface area contributed by atoms with Gasteiger partial charge in [-0.25, -0.2) is 4.90 Å². The second-order valence-corrected chi connectivity index (χ2v) is 7.78. The molecule has 0 radical (unpaired) electrons. The molecule has 5 rings (SSSR count). The molecule has 0 spiro atoms. The summed E-state index contributed by atoms with van der Waals surface area (Å²) < 4.78 is 0.825. The van der Waals surface area contributed by atoms with Gasteiger partial charge in [0.25, 0.3) is 5.91 Å². The Balaban J connectivity index is 1.48. The molecular formula is C22H13BrN2O4. The fourth-order valence-electron chi connectivity index (χ4n) is 3.69. The van der Waals surface area contributed by atoms with Crippen molar-refractivity contribution in [3.63, 3.8) is 0 Å². The lowest BCUT2D eigenvalue weighted by Crippen LogP contribution is -2.34. The minimum atomic E-state index is -1.11. The van der Waals surface area contributed by atoms with E-state index in [0.29, 0.717) is 11.3 Å². The smallest absolute Gasteiger partial charge is 0.278 e. The van der Waals surface area contributed by atoms with Crippen LogP contribution in [0.5, 0.6) is 0 Å². The summed E-state index contributed by atoms with van der Waals surface area (Å²) in [7, 11) is 0. The van der Waals surface area contributed by atoms with Crippen molar-refractivity contribution in [1.82, 2.24) is 0 Å². The summed E-state index contributed by atoms with van der Waals surface area (Å²) in [5, 5.41) is 5.71. The quantitative estimate of drug-likeness (QED) is 0.451. The van der Waals surface area contributed by atoms with Gasteiger partial charge in [-0.2, -0.15) is 0 Å². The van der Waals surface area contributed by atoms with Gasteiger partial charge in [-0.05, 0) is 41.1 Å². The summed E-state index contributed by atoms with van der Waals surface area (Å²) in [4.78, 5) is 45.1. The van der Waals surface area contributed by atoms with Gasteiger partial charge in [0.2, 0.25) is 17.8 Å². The first-order chi connectivity index (χ1) is 14.0. The Morgan fingerprint density at radius 2 is 1.66 bits per heavy atom. The molecule has 29 heavy (non-hydrogen) atoms. The van der Waals surface area contributed by atoms with Crippen molar-refractivity contribution in [1.29, 1.82) is 0 Å². The van der Waals surface area contributed by atoms with E-state index >= 15 is 0 Å². The highest BCUT2D eigenvalue weighted by atomic mass is 79.9. The SMILES string of the molecule is O=C(C1=NO[C@H]2C(=O)N(c3ccc(Br)cc3)C(=O)[C@@H]12)c1ccc2ccccc2c1. The van der Waals surface area contributed by atoms with Gasteiger partial charge in [0.15, 0.2) is 0 Å². The summed E-state index contributed by atoms with van der Waals surface area (Å²) >= 11 is 3.33. The molecule has 2 aliphatic heterocycles. The summed E-state index contributed by atoms with van der Waals surface area (Å²) in [5.74, 6) is -2.48. The van der Waals surface area contributed by atoms with Crippen LogP contribution < -0.4 is 4.90 Å². The maximum absolute atomic E-state index is 13.1. The van der Waals surface area contributed by atoms with Crippen LogP contribution in [0.15, 0.2) is 76.4 Å². The van der Waals surface area contributed by atoms with Crippen LogP contribution in [-0.2, 0) is 14.4 Å². The Bertz CT molecular complexity index is 1220. The predicted molar refractivity (Wildman–Crippen MR) is 111 cm³/mol. The molecule has 0 N–H and O–H groups in total. The third-order valence-electron chi connectivity index (χ3n) is 5.14. The third-order valence-corrected chi connectivity index (χ3v) is 5.67. The van der Waals surface area contributed by atoms with Gasteiger partial charge in [0, 0.05) is 10.0 Å². The molecule has 2 amide bonds. The largest absolute Gasteiger partial charge is 0.381 e. The van der Waals surface area contributed by atoms with E-state index in [4.69, 9.17) is 4.84 Å². The molecule has 3 aromatic rings. The number of Topliss-reactive ketones (excluding diaryl/α,β-unsaturated/α-hetero) is 1. The second-order valence-electron chi connectivity index (χ2n) is 6.86. The number of hydrogen-bond acceptors (Lipinski definition) is 5. The number of halogens is 1. The minimum absolute atomic E-state index is 0.0387. The van der Waals surface area contributed by atoms with Crippen molar-refractivity contribution in [2.24, 2.45) is 11.1 Å². The van der Waals surface area contributed by atoms with Gasteiger partial charge >= 0.3 is 0 Å². The number of hydrogen-bond donors (Lipinski definition) is 0. The van der Waals surface area contributed by atoms with Crippen molar-refractivity contribution in [3.8, 4) is 0 Å². The van der Waals surface area contributed by atoms with E-state index in [1.54, 1.807) is 36.4 Å². The number of carbonyl (C=O) groups excluding carboxylic acids is 3. The third kappa shape index (κ3) is 2.77. The number of rotatable bonds is 3. The highest BCUT2D eigenvalue weighted by Crippen LogP contribution is 2.34. The maximum Gasteiger partial charge on any atom is 0.278 e. The van der Waals surface area contributed by atoms with Crippen LogP contribution in [0.25, 0.3) is 10.8 Å². The van der Waals surface area contributed by atoms with E-state index < -0.39 is 29.6 Å². The van der Waals surface area contributed by atoms with Crippen LogP contribution in [0.4, 0.5) is 5.69 Å². The molecule has 0 aromatic heterocycles. The van der Waals surface area contributed by atoms with E-state index in [1.165, 1.54) is 0 Å². The number of amides is 2. The standard InChI is InChI=1S/C22H13BrN2O4/c23-15-7-9-16(10-8-15)25-21(27)17-18(24-29-20(17)22(25)28)19(26)14-6-5-12-3-1-2-4-13(12)11-14/h1-11,17,20H/t17-,20+/m0/s1. The fraction of sp³-hybridized carbons (Fsp3) is 0.0909. The van der Waals surface area contributed by atoms with Gasteiger partial charge in [-0.1, -0.05) is 57.5 Å². The van der Waals surface area contributed by atoms with Crippen molar-refractivity contribution in [3.05, 3.63) is 76.8 Å². The van der Waals surface area contributed by atoms with E-state index in [2.05, 4.69) is 21.1 Å². The molecule has 1 fully saturated rings. The first kappa shape index (κ1) is 17.8. The Kier molecular flexibility index (Phi) is 4.06. The van der Waals surface area contributed by atoms with Crippen LogP contribution in [0.3, 0.4) is 0 Å². The summed E-state index contributed by atoms with van der Waals surface area (Å²) in [5.41, 5.74) is 0.788. The van der Waals surface area contributed by atoms with Gasteiger partial charge in [0.05, 0.1) is 5.69 Å².